The number of benzene rings is 2. The first-order valence-electron chi connectivity index (χ1n) is 7.64. The van der Waals surface area contributed by atoms with Crippen LogP contribution in [0.3, 0.4) is 0 Å². The molecule has 0 amide bonds. The van der Waals surface area contributed by atoms with Crippen molar-refractivity contribution in [1.29, 1.82) is 0 Å². The molecule has 1 aromatic heterocycles. The van der Waals surface area contributed by atoms with Gasteiger partial charge in [0, 0.05) is 5.56 Å². The second-order valence-corrected chi connectivity index (χ2v) is 5.34. The fourth-order valence-electron chi connectivity index (χ4n) is 2.30. The van der Waals surface area contributed by atoms with Gasteiger partial charge in [0.05, 0.1) is 6.07 Å². The molecule has 7 heteroatoms. The van der Waals surface area contributed by atoms with Crippen molar-refractivity contribution in [3.05, 3.63) is 88.2 Å². The molecule has 130 valence electrons. The number of ether oxygens (including phenoxy) is 1. The topological polar surface area (TPSA) is 99.7 Å². The SMILES string of the molecule is O=C(COC(=O)c1ccc([N+](=O)[O-])o1)c1ccc(-c2ccccc2)cc1. The Balaban J connectivity index is 1.61. The predicted molar refractivity (Wildman–Crippen MR) is 91.9 cm³/mol. The van der Waals surface area contributed by atoms with Gasteiger partial charge in [-0.05, 0) is 17.2 Å². The van der Waals surface area contributed by atoms with Gasteiger partial charge < -0.3 is 9.15 Å². The molecule has 2 aromatic carbocycles. The van der Waals surface area contributed by atoms with Crippen molar-refractivity contribution >= 4 is 17.6 Å². The second-order valence-electron chi connectivity index (χ2n) is 5.34. The number of hydrogen-bond donors (Lipinski definition) is 0. The van der Waals surface area contributed by atoms with Crippen molar-refractivity contribution in [2.45, 2.75) is 0 Å². The molecule has 0 N–H and O–H groups in total. The minimum atomic E-state index is -0.938. The number of nitrogens with zero attached hydrogens (tertiary/aromatic N) is 1. The number of carbonyl (C=O) groups excluding carboxylic acids is 2. The van der Waals surface area contributed by atoms with Crippen LogP contribution in [0.25, 0.3) is 11.1 Å². The van der Waals surface area contributed by atoms with E-state index in [2.05, 4.69) is 0 Å². The lowest BCUT2D eigenvalue weighted by molar-refractivity contribution is -0.402. The molecule has 0 bridgehead atoms. The molecule has 0 radical (unpaired) electrons. The molecule has 0 fully saturated rings. The van der Waals surface area contributed by atoms with Gasteiger partial charge in [0.1, 0.15) is 4.92 Å². The highest BCUT2D eigenvalue weighted by Crippen LogP contribution is 2.20. The molecule has 7 nitrogen and oxygen atoms in total. The third-order valence-electron chi connectivity index (χ3n) is 3.62. The maximum atomic E-state index is 12.1. The third kappa shape index (κ3) is 3.84. The summed E-state index contributed by atoms with van der Waals surface area (Å²) in [6, 6.07) is 18.8. The van der Waals surface area contributed by atoms with Crippen LogP contribution in [-0.4, -0.2) is 23.3 Å². The first kappa shape index (κ1) is 17.1. The minimum absolute atomic E-state index is 0.330. The van der Waals surface area contributed by atoms with E-state index in [-0.39, 0.29) is 11.5 Å². The molecule has 1 heterocycles. The number of furan rings is 1. The molecule has 0 aliphatic heterocycles. The highest BCUT2D eigenvalue weighted by molar-refractivity contribution is 5.99. The number of nitro groups is 1. The Kier molecular flexibility index (Phi) is 4.89. The van der Waals surface area contributed by atoms with E-state index in [1.54, 1.807) is 24.3 Å². The number of carbonyl (C=O) groups is 2. The molecule has 0 aliphatic carbocycles. The lowest BCUT2D eigenvalue weighted by Gasteiger charge is -2.05. The summed E-state index contributed by atoms with van der Waals surface area (Å²) in [7, 11) is 0. The summed E-state index contributed by atoms with van der Waals surface area (Å²) in [4.78, 5) is 33.6. The Hall–Kier alpha value is -3.74. The Labute approximate surface area is 148 Å². The normalized spacial score (nSPS) is 10.3. The van der Waals surface area contributed by atoms with E-state index < -0.39 is 23.4 Å². The average molecular weight is 351 g/mol. The Morgan fingerprint density at radius 3 is 2.19 bits per heavy atom. The Morgan fingerprint density at radius 2 is 1.58 bits per heavy atom. The molecule has 26 heavy (non-hydrogen) atoms. The molecule has 3 rings (SSSR count). The number of Topliss-reactive ketones (excluding diaryl/α,β-unsaturated/α-hetero) is 1. The van der Waals surface area contributed by atoms with Crippen molar-refractivity contribution in [1.82, 2.24) is 0 Å². The van der Waals surface area contributed by atoms with Gasteiger partial charge in [-0.2, -0.15) is 0 Å². The van der Waals surface area contributed by atoms with Crippen LogP contribution in [0.4, 0.5) is 5.88 Å². The van der Waals surface area contributed by atoms with Crippen LogP contribution in [0, 0.1) is 10.1 Å². The van der Waals surface area contributed by atoms with Gasteiger partial charge in [-0.25, -0.2) is 4.79 Å². The highest BCUT2D eigenvalue weighted by atomic mass is 16.7. The van der Waals surface area contributed by atoms with Crippen LogP contribution in [0.5, 0.6) is 0 Å². The number of esters is 1. The minimum Gasteiger partial charge on any atom is -0.451 e. The maximum Gasteiger partial charge on any atom is 0.433 e. The van der Waals surface area contributed by atoms with Crippen molar-refractivity contribution < 1.29 is 23.7 Å². The highest BCUT2D eigenvalue weighted by Gasteiger charge is 2.19. The average Bonchev–Trinajstić information content (AvgIpc) is 3.17. The fourth-order valence-corrected chi connectivity index (χ4v) is 2.30. The fraction of sp³-hybridized carbons (Fsp3) is 0.0526. The zero-order chi connectivity index (χ0) is 18.5. The third-order valence-corrected chi connectivity index (χ3v) is 3.62. The summed E-state index contributed by atoms with van der Waals surface area (Å²) in [6.07, 6.45) is 0. The monoisotopic (exact) mass is 351 g/mol. The first-order valence-corrected chi connectivity index (χ1v) is 7.64. The summed E-state index contributed by atoms with van der Waals surface area (Å²) >= 11 is 0. The van der Waals surface area contributed by atoms with Gasteiger partial charge in [0.2, 0.25) is 5.76 Å². The molecular weight excluding hydrogens is 338 g/mol. The van der Waals surface area contributed by atoms with Gasteiger partial charge in [-0.1, -0.05) is 54.6 Å². The standard InChI is InChI=1S/C19H13NO6/c21-16(12-25-19(22)17-10-11-18(26-17)20(23)24)15-8-6-14(7-9-15)13-4-2-1-3-5-13/h1-11H,12H2. The zero-order valence-electron chi connectivity index (χ0n) is 13.5. The van der Waals surface area contributed by atoms with Crippen LogP contribution in [0.2, 0.25) is 0 Å². The van der Waals surface area contributed by atoms with E-state index in [0.717, 1.165) is 23.3 Å². The summed E-state index contributed by atoms with van der Waals surface area (Å²) in [6.45, 7) is -0.488. The van der Waals surface area contributed by atoms with Crippen LogP contribution in [0.15, 0.2) is 71.1 Å². The number of rotatable bonds is 6. The summed E-state index contributed by atoms with van der Waals surface area (Å²) in [5.41, 5.74) is 2.38. The van der Waals surface area contributed by atoms with Crippen LogP contribution < -0.4 is 0 Å². The van der Waals surface area contributed by atoms with Gasteiger partial charge in [0.25, 0.3) is 0 Å². The van der Waals surface area contributed by atoms with Crippen LogP contribution >= 0.6 is 0 Å². The smallest absolute Gasteiger partial charge is 0.433 e. The van der Waals surface area contributed by atoms with Gasteiger partial charge >= 0.3 is 11.9 Å². The van der Waals surface area contributed by atoms with E-state index in [9.17, 15) is 19.7 Å². The van der Waals surface area contributed by atoms with Crippen LogP contribution in [-0.2, 0) is 4.74 Å². The van der Waals surface area contributed by atoms with E-state index in [1.807, 2.05) is 30.3 Å². The van der Waals surface area contributed by atoms with Crippen molar-refractivity contribution in [2.75, 3.05) is 6.61 Å². The van der Waals surface area contributed by atoms with E-state index >= 15 is 0 Å². The lowest BCUT2D eigenvalue weighted by atomic mass is 10.0. The van der Waals surface area contributed by atoms with E-state index in [1.165, 1.54) is 0 Å². The first-order chi connectivity index (χ1) is 12.5. The largest absolute Gasteiger partial charge is 0.451 e. The van der Waals surface area contributed by atoms with Gasteiger partial charge in [-0.3, -0.25) is 14.9 Å². The molecule has 0 aliphatic rings. The van der Waals surface area contributed by atoms with Crippen molar-refractivity contribution in [3.8, 4) is 11.1 Å². The molecule has 0 unspecified atom stereocenters. The molecule has 0 spiro atoms. The molecule has 0 atom stereocenters. The zero-order valence-corrected chi connectivity index (χ0v) is 13.5. The number of hydrogen-bond acceptors (Lipinski definition) is 6. The lowest BCUT2D eigenvalue weighted by Crippen LogP contribution is -2.13. The maximum absolute atomic E-state index is 12.1. The Morgan fingerprint density at radius 1 is 0.923 bits per heavy atom. The molecule has 0 saturated carbocycles. The van der Waals surface area contributed by atoms with Gasteiger partial charge in [0.15, 0.2) is 12.4 Å². The molecule has 0 saturated heterocycles. The summed E-state index contributed by atoms with van der Waals surface area (Å²) in [5, 5.41) is 10.5. The van der Waals surface area contributed by atoms with Gasteiger partial charge in [-0.15, -0.1) is 0 Å². The summed E-state index contributed by atoms with van der Waals surface area (Å²) in [5.74, 6) is -2.23. The summed E-state index contributed by atoms with van der Waals surface area (Å²) < 4.78 is 9.57. The molecule has 3 aromatic rings. The quantitative estimate of drug-likeness (QED) is 0.289. The van der Waals surface area contributed by atoms with Crippen molar-refractivity contribution in [3.63, 3.8) is 0 Å². The second kappa shape index (κ2) is 7.43. The number of ketones is 1. The Bertz CT molecular complexity index is 944. The van der Waals surface area contributed by atoms with E-state index in [4.69, 9.17) is 9.15 Å². The van der Waals surface area contributed by atoms with Crippen molar-refractivity contribution in [2.24, 2.45) is 0 Å². The van der Waals surface area contributed by atoms with E-state index in [0.29, 0.717) is 5.56 Å². The predicted octanol–water partition coefficient (Wildman–Crippen LogP) is 3.89. The molecular formula is C19H13NO6. The van der Waals surface area contributed by atoms with Crippen LogP contribution in [0.1, 0.15) is 20.9 Å².